The van der Waals surface area contributed by atoms with Gasteiger partial charge in [-0.2, -0.15) is 0 Å². The Balaban J connectivity index is -0.000000214. The van der Waals surface area contributed by atoms with Crippen molar-refractivity contribution in [2.45, 2.75) is 20.3 Å². The maximum Gasteiger partial charge on any atom is 0.414 e. The zero-order valence-corrected chi connectivity index (χ0v) is 9.06. The molecule has 0 aliphatic heterocycles. The van der Waals surface area contributed by atoms with E-state index in [-0.39, 0.29) is 18.4 Å². The molecule has 8 heteroatoms. The number of ether oxygens (including phenoxy) is 1. The second-order valence-electron chi connectivity index (χ2n) is 2.29. The van der Waals surface area contributed by atoms with Crippen LogP contribution in [-0.2, 0) is 23.9 Å². The number of ketones is 1. The first-order chi connectivity index (χ1) is 6.81. The van der Waals surface area contributed by atoms with E-state index in [9.17, 15) is 9.59 Å². The van der Waals surface area contributed by atoms with Crippen LogP contribution in [0.5, 0.6) is 0 Å². The number of hydrogen-bond donors (Lipinski definition) is 3. The Hall–Kier alpha value is -1.96. The van der Waals surface area contributed by atoms with Crippen LogP contribution in [0.25, 0.3) is 0 Å². The summed E-state index contributed by atoms with van der Waals surface area (Å²) < 4.78 is 4.49. The number of aliphatic carboxylic acids is 2. The molecule has 0 aromatic heterocycles. The minimum Gasteiger partial charge on any atom is -0.473 e. The van der Waals surface area contributed by atoms with Crippen LogP contribution in [0.3, 0.4) is 0 Å². The molecule has 0 rings (SSSR count). The minimum absolute atomic E-state index is 0. The average Bonchev–Trinajstić information content (AvgIpc) is 2.03. The van der Waals surface area contributed by atoms with E-state index in [0.717, 1.165) is 0 Å². The maximum absolute atomic E-state index is 10.4. The van der Waals surface area contributed by atoms with Crippen molar-refractivity contribution >= 4 is 23.7 Å². The molecule has 94 valence electrons. The lowest BCUT2D eigenvalue weighted by Gasteiger charge is -1.96. The average molecular weight is 237 g/mol. The lowest BCUT2D eigenvalue weighted by molar-refractivity contribution is -0.159. The molecule has 0 spiro atoms. The second kappa shape index (κ2) is 11.1. The van der Waals surface area contributed by atoms with Crippen LogP contribution < -0.4 is 6.15 Å². The van der Waals surface area contributed by atoms with Crippen molar-refractivity contribution in [3.8, 4) is 0 Å². The normalized spacial score (nSPS) is 7.62. The van der Waals surface area contributed by atoms with Gasteiger partial charge in [0.2, 0.25) is 0 Å². The Labute approximate surface area is 91.8 Å². The van der Waals surface area contributed by atoms with E-state index >= 15 is 0 Å². The third-order valence-electron chi connectivity index (χ3n) is 0.882. The number of hydrogen-bond acceptors (Lipinski definition) is 6. The molecular formula is C8H15NO7. The van der Waals surface area contributed by atoms with Gasteiger partial charge in [0.25, 0.3) is 0 Å². The van der Waals surface area contributed by atoms with Crippen molar-refractivity contribution in [1.82, 2.24) is 6.15 Å². The Morgan fingerprint density at radius 1 is 1.06 bits per heavy atom. The van der Waals surface area contributed by atoms with Crippen molar-refractivity contribution in [2.24, 2.45) is 0 Å². The molecule has 5 N–H and O–H groups in total. The van der Waals surface area contributed by atoms with Gasteiger partial charge in [-0.05, 0) is 13.8 Å². The molecule has 0 radical (unpaired) electrons. The highest BCUT2D eigenvalue weighted by molar-refractivity contribution is 6.27. The fourth-order valence-electron chi connectivity index (χ4n) is 0.415. The fourth-order valence-corrected chi connectivity index (χ4v) is 0.415. The molecule has 0 amide bonds. The largest absolute Gasteiger partial charge is 0.473 e. The predicted molar refractivity (Wildman–Crippen MR) is 52.2 cm³/mol. The smallest absolute Gasteiger partial charge is 0.414 e. The first-order valence-electron chi connectivity index (χ1n) is 3.92. The van der Waals surface area contributed by atoms with Crippen LogP contribution in [0.15, 0.2) is 0 Å². The highest BCUT2D eigenvalue weighted by Gasteiger charge is 2.04. The summed E-state index contributed by atoms with van der Waals surface area (Å²) in [6, 6.07) is 0. The lowest BCUT2D eigenvalue weighted by Crippen LogP contribution is -2.09. The maximum atomic E-state index is 10.4. The summed E-state index contributed by atoms with van der Waals surface area (Å²) >= 11 is 0. The summed E-state index contributed by atoms with van der Waals surface area (Å²) in [7, 11) is 0. The third-order valence-corrected chi connectivity index (χ3v) is 0.882. The van der Waals surface area contributed by atoms with Crippen molar-refractivity contribution in [1.29, 1.82) is 0 Å². The van der Waals surface area contributed by atoms with E-state index in [1.54, 1.807) is 6.92 Å². The Morgan fingerprint density at radius 2 is 1.44 bits per heavy atom. The summed E-state index contributed by atoms with van der Waals surface area (Å²) in [4.78, 5) is 38.8. The van der Waals surface area contributed by atoms with Crippen LogP contribution in [0.1, 0.15) is 20.3 Å². The number of Topliss-reactive ketones (excluding diaryl/α,β-unsaturated/α-hetero) is 1. The van der Waals surface area contributed by atoms with E-state index in [0.29, 0.717) is 6.61 Å². The summed E-state index contributed by atoms with van der Waals surface area (Å²) in [5, 5.41) is 14.8. The highest BCUT2D eigenvalue weighted by Crippen LogP contribution is 1.86. The summed E-state index contributed by atoms with van der Waals surface area (Å²) in [6.07, 6.45) is -0.103. The van der Waals surface area contributed by atoms with Crippen LogP contribution in [-0.4, -0.2) is 40.5 Å². The Kier molecular flexibility index (Phi) is 13.6. The number of rotatable bonds is 3. The molecule has 0 fully saturated rings. The second-order valence-corrected chi connectivity index (χ2v) is 2.29. The monoisotopic (exact) mass is 237 g/mol. The van der Waals surface area contributed by atoms with Gasteiger partial charge >= 0.3 is 17.9 Å². The van der Waals surface area contributed by atoms with Crippen LogP contribution in [0.2, 0.25) is 0 Å². The number of carboxylic acids is 2. The topological polar surface area (TPSA) is 153 Å². The molecule has 0 unspecified atom stereocenters. The SMILES string of the molecule is CCOC(=O)CC(C)=O.N.O=C(O)C(=O)O. The summed E-state index contributed by atoms with van der Waals surface area (Å²) in [5.74, 6) is -4.25. The number of esters is 1. The summed E-state index contributed by atoms with van der Waals surface area (Å²) in [6.45, 7) is 3.40. The molecule has 0 heterocycles. The van der Waals surface area contributed by atoms with E-state index in [1.807, 2.05) is 0 Å². The van der Waals surface area contributed by atoms with E-state index in [2.05, 4.69) is 4.74 Å². The van der Waals surface area contributed by atoms with E-state index in [4.69, 9.17) is 19.8 Å². The first-order valence-corrected chi connectivity index (χ1v) is 3.92. The number of carbonyl (C=O) groups excluding carboxylic acids is 2. The van der Waals surface area contributed by atoms with Gasteiger partial charge in [0.1, 0.15) is 12.2 Å². The van der Waals surface area contributed by atoms with Gasteiger partial charge in [0.05, 0.1) is 6.61 Å². The molecule has 0 aromatic rings. The van der Waals surface area contributed by atoms with Gasteiger partial charge in [0.15, 0.2) is 0 Å². The van der Waals surface area contributed by atoms with Gasteiger partial charge in [-0.15, -0.1) is 0 Å². The van der Waals surface area contributed by atoms with Crippen LogP contribution >= 0.6 is 0 Å². The molecule has 0 aromatic carbocycles. The van der Waals surface area contributed by atoms with Gasteiger partial charge in [-0.25, -0.2) is 9.59 Å². The molecule has 0 aliphatic rings. The number of carbonyl (C=O) groups is 4. The van der Waals surface area contributed by atoms with Crippen molar-refractivity contribution in [2.75, 3.05) is 6.61 Å². The van der Waals surface area contributed by atoms with Crippen LogP contribution in [0, 0.1) is 0 Å². The Morgan fingerprint density at radius 3 is 1.62 bits per heavy atom. The van der Waals surface area contributed by atoms with Crippen molar-refractivity contribution in [3.05, 3.63) is 0 Å². The lowest BCUT2D eigenvalue weighted by atomic mass is 10.3. The standard InChI is InChI=1S/C6H10O3.C2H2O4.H3N/c1-3-9-6(8)4-5(2)7;3-1(4)2(5)6;/h3-4H2,1-2H3;(H,3,4)(H,5,6);1H3. The molecule has 0 bridgehead atoms. The quantitative estimate of drug-likeness (QED) is 0.347. The van der Waals surface area contributed by atoms with Crippen molar-refractivity contribution in [3.63, 3.8) is 0 Å². The van der Waals surface area contributed by atoms with Gasteiger partial charge in [0, 0.05) is 0 Å². The molecule has 0 aliphatic carbocycles. The third kappa shape index (κ3) is 18.0. The minimum atomic E-state index is -1.82. The Bertz CT molecular complexity index is 249. The van der Waals surface area contributed by atoms with Gasteiger partial charge in [-0.3, -0.25) is 9.59 Å². The zero-order valence-electron chi connectivity index (χ0n) is 9.06. The van der Waals surface area contributed by atoms with Gasteiger partial charge < -0.3 is 21.1 Å². The molecule has 0 saturated heterocycles. The zero-order chi connectivity index (χ0) is 12.4. The van der Waals surface area contributed by atoms with Gasteiger partial charge in [-0.1, -0.05) is 0 Å². The van der Waals surface area contributed by atoms with Crippen molar-refractivity contribution < 1.29 is 34.1 Å². The molecule has 16 heavy (non-hydrogen) atoms. The predicted octanol–water partition coefficient (Wildman–Crippen LogP) is -0.154. The summed E-state index contributed by atoms with van der Waals surface area (Å²) in [5.41, 5.74) is 0. The fraction of sp³-hybridized carbons (Fsp3) is 0.500. The molecule has 0 atom stereocenters. The molecule has 0 saturated carbocycles. The van der Waals surface area contributed by atoms with E-state index in [1.165, 1.54) is 6.92 Å². The first kappa shape index (κ1) is 19.6. The highest BCUT2D eigenvalue weighted by atomic mass is 16.5. The van der Waals surface area contributed by atoms with Crippen LogP contribution in [0.4, 0.5) is 0 Å². The molecule has 8 nitrogen and oxygen atoms in total. The number of carboxylic acid groups (broad SMARTS) is 2. The molecular weight excluding hydrogens is 222 g/mol. The van der Waals surface area contributed by atoms with E-state index < -0.39 is 17.9 Å².